The average molecular weight is 290 g/mol. The molecule has 0 fully saturated rings. The van der Waals surface area contributed by atoms with Crippen LogP contribution in [0.1, 0.15) is 0 Å². The summed E-state index contributed by atoms with van der Waals surface area (Å²) in [5, 5.41) is 21.1. The number of hydrogen-bond acceptors (Lipinski definition) is 8. The summed E-state index contributed by atoms with van der Waals surface area (Å²) in [5.41, 5.74) is 6.51. The Morgan fingerprint density at radius 2 is 1.67 bits per heavy atom. The number of rotatable bonds is 7. The standard InChI is InChI=1S/C13H18N6O2/c14-11-16-12(15-10-4-2-1-3-5-10)18-13(17-11)19(6-8-20)7-9-21/h1-5,20-21H,6-9H2,(H3,14,15,16,17,18). The SMILES string of the molecule is Nc1nc(Nc2ccccc2)nc(N(CCO)CCO)n1. The third-order valence-electron chi connectivity index (χ3n) is 2.69. The van der Waals surface area contributed by atoms with Crippen LogP contribution in [0.25, 0.3) is 0 Å². The number of nitrogens with one attached hydrogen (secondary N) is 1. The quantitative estimate of drug-likeness (QED) is 0.562. The molecule has 0 aliphatic rings. The molecule has 0 aliphatic heterocycles. The van der Waals surface area contributed by atoms with Gasteiger partial charge in [0.05, 0.1) is 13.2 Å². The Kier molecular flexibility index (Phi) is 5.24. The number of aliphatic hydroxyl groups excluding tert-OH is 2. The molecule has 0 saturated heterocycles. The molecule has 0 unspecified atom stereocenters. The lowest BCUT2D eigenvalue weighted by Gasteiger charge is -2.20. The second kappa shape index (κ2) is 7.36. The van der Waals surface area contributed by atoms with Crippen LogP contribution in [-0.2, 0) is 0 Å². The summed E-state index contributed by atoms with van der Waals surface area (Å²) in [6.45, 7) is 0.448. The smallest absolute Gasteiger partial charge is 0.233 e. The minimum absolute atomic E-state index is 0.0688. The fourth-order valence-electron chi connectivity index (χ4n) is 1.78. The van der Waals surface area contributed by atoms with Crippen molar-refractivity contribution in [1.82, 2.24) is 15.0 Å². The highest BCUT2D eigenvalue weighted by molar-refractivity contribution is 5.55. The number of hydrogen-bond donors (Lipinski definition) is 4. The third kappa shape index (κ3) is 4.26. The van der Waals surface area contributed by atoms with Crippen molar-refractivity contribution >= 4 is 23.5 Å². The van der Waals surface area contributed by atoms with Crippen LogP contribution in [0.5, 0.6) is 0 Å². The van der Waals surface area contributed by atoms with Crippen LogP contribution in [0.15, 0.2) is 30.3 Å². The van der Waals surface area contributed by atoms with Crippen molar-refractivity contribution in [1.29, 1.82) is 0 Å². The van der Waals surface area contributed by atoms with Gasteiger partial charge in [0.25, 0.3) is 0 Å². The van der Waals surface area contributed by atoms with E-state index in [4.69, 9.17) is 15.9 Å². The van der Waals surface area contributed by atoms with Crippen LogP contribution in [-0.4, -0.2) is 51.5 Å². The number of para-hydroxylation sites is 1. The van der Waals surface area contributed by atoms with Gasteiger partial charge in [-0.2, -0.15) is 15.0 Å². The van der Waals surface area contributed by atoms with E-state index in [-0.39, 0.29) is 19.2 Å². The van der Waals surface area contributed by atoms with E-state index >= 15 is 0 Å². The molecule has 1 aromatic carbocycles. The Hall–Kier alpha value is -2.45. The number of nitrogens with two attached hydrogens (primary N) is 1. The molecule has 2 aromatic rings. The van der Waals surface area contributed by atoms with Crippen molar-refractivity contribution in [3.05, 3.63) is 30.3 Å². The van der Waals surface area contributed by atoms with Gasteiger partial charge >= 0.3 is 0 Å². The summed E-state index contributed by atoms with van der Waals surface area (Å²) in [5.74, 6) is 0.688. The lowest BCUT2D eigenvalue weighted by atomic mass is 10.3. The molecule has 1 aromatic heterocycles. The van der Waals surface area contributed by atoms with Crippen molar-refractivity contribution in [2.75, 3.05) is 42.3 Å². The number of nitrogens with zero attached hydrogens (tertiary/aromatic N) is 4. The van der Waals surface area contributed by atoms with E-state index < -0.39 is 0 Å². The predicted octanol–water partition coefficient (Wildman–Crippen LogP) is -0.0116. The summed E-state index contributed by atoms with van der Waals surface area (Å²) in [4.78, 5) is 13.9. The minimum Gasteiger partial charge on any atom is -0.395 e. The van der Waals surface area contributed by atoms with Crippen LogP contribution >= 0.6 is 0 Å². The Bertz CT molecular complexity index is 560. The van der Waals surface area contributed by atoms with Crippen molar-refractivity contribution in [2.45, 2.75) is 0 Å². The van der Waals surface area contributed by atoms with Gasteiger partial charge in [0.15, 0.2) is 0 Å². The number of aromatic nitrogens is 3. The second-order valence-corrected chi connectivity index (χ2v) is 4.24. The van der Waals surface area contributed by atoms with Gasteiger partial charge in [-0.15, -0.1) is 0 Å². The van der Waals surface area contributed by atoms with Crippen molar-refractivity contribution in [3.63, 3.8) is 0 Å². The normalized spacial score (nSPS) is 10.4. The van der Waals surface area contributed by atoms with E-state index in [1.165, 1.54) is 0 Å². The van der Waals surface area contributed by atoms with Gasteiger partial charge in [-0.1, -0.05) is 18.2 Å². The van der Waals surface area contributed by atoms with Gasteiger partial charge in [0.1, 0.15) is 0 Å². The molecule has 0 bridgehead atoms. The fraction of sp³-hybridized carbons (Fsp3) is 0.308. The number of aliphatic hydroxyl groups is 2. The maximum absolute atomic E-state index is 9.06. The van der Waals surface area contributed by atoms with Gasteiger partial charge in [0, 0.05) is 18.8 Å². The molecular formula is C13H18N6O2. The summed E-state index contributed by atoms with van der Waals surface area (Å²) < 4.78 is 0. The maximum Gasteiger partial charge on any atom is 0.233 e. The Balaban J connectivity index is 2.23. The molecule has 1 heterocycles. The van der Waals surface area contributed by atoms with Crippen LogP contribution in [0.4, 0.5) is 23.5 Å². The molecule has 0 atom stereocenters. The third-order valence-corrected chi connectivity index (χ3v) is 2.69. The van der Waals surface area contributed by atoms with Crippen molar-refractivity contribution in [2.24, 2.45) is 0 Å². The molecule has 112 valence electrons. The first kappa shape index (κ1) is 14.9. The lowest BCUT2D eigenvalue weighted by Crippen LogP contribution is -2.31. The highest BCUT2D eigenvalue weighted by atomic mass is 16.3. The van der Waals surface area contributed by atoms with E-state index in [1.807, 2.05) is 30.3 Å². The molecule has 0 spiro atoms. The zero-order valence-corrected chi connectivity index (χ0v) is 11.5. The molecule has 21 heavy (non-hydrogen) atoms. The van der Waals surface area contributed by atoms with Gasteiger partial charge in [-0.3, -0.25) is 0 Å². The molecule has 0 amide bonds. The topological polar surface area (TPSA) is 120 Å². The number of benzene rings is 1. The highest BCUT2D eigenvalue weighted by Gasteiger charge is 2.12. The van der Waals surface area contributed by atoms with Crippen molar-refractivity contribution < 1.29 is 10.2 Å². The van der Waals surface area contributed by atoms with E-state index in [2.05, 4.69) is 20.3 Å². The zero-order valence-electron chi connectivity index (χ0n) is 11.5. The molecular weight excluding hydrogens is 272 g/mol. The lowest BCUT2D eigenvalue weighted by molar-refractivity contribution is 0.280. The Labute approximate surface area is 122 Å². The first-order valence-corrected chi connectivity index (χ1v) is 6.53. The van der Waals surface area contributed by atoms with Gasteiger partial charge in [-0.05, 0) is 12.1 Å². The number of anilines is 4. The monoisotopic (exact) mass is 290 g/mol. The molecule has 0 radical (unpaired) electrons. The maximum atomic E-state index is 9.06. The van der Waals surface area contributed by atoms with Crippen LogP contribution in [0.2, 0.25) is 0 Å². The van der Waals surface area contributed by atoms with Crippen LogP contribution < -0.4 is 16.0 Å². The molecule has 8 heteroatoms. The molecule has 5 N–H and O–H groups in total. The average Bonchev–Trinajstić information content (AvgIpc) is 2.47. The first-order chi connectivity index (χ1) is 10.2. The summed E-state index contributed by atoms with van der Waals surface area (Å²) in [7, 11) is 0. The zero-order chi connectivity index (χ0) is 15.1. The predicted molar refractivity (Wildman–Crippen MR) is 80.3 cm³/mol. The van der Waals surface area contributed by atoms with Gasteiger partial charge in [-0.25, -0.2) is 0 Å². The summed E-state index contributed by atoms with van der Waals surface area (Å²) >= 11 is 0. The van der Waals surface area contributed by atoms with Crippen molar-refractivity contribution in [3.8, 4) is 0 Å². The molecule has 8 nitrogen and oxygen atoms in total. The van der Waals surface area contributed by atoms with E-state index in [0.29, 0.717) is 25.0 Å². The first-order valence-electron chi connectivity index (χ1n) is 6.53. The van der Waals surface area contributed by atoms with Gasteiger partial charge in [0.2, 0.25) is 17.8 Å². The minimum atomic E-state index is -0.0764. The number of nitrogen functional groups attached to an aromatic ring is 1. The Morgan fingerprint density at radius 3 is 2.29 bits per heavy atom. The van der Waals surface area contributed by atoms with Crippen LogP contribution in [0, 0.1) is 0 Å². The van der Waals surface area contributed by atoms with Crippen LogP contribution in [0.3, 0.4) is 0 Å². The summed E-state index contributed by atoms with van der Waals surface area (Å²) in [6, 6.07) is 9.43. The Morgan fingerprint density at radius 1 is 1.00 bits per heavy atom. The largest absolute Gasteiger partial charge is 0.395 e. The molecule has 2 rings (SSSR count). The van der Waals surface area contributed by atoms with E-state index in [1.54, 1.807) is 4.90 Å². The highest BCUT2D eigenvalue weighted by Crippen LogP contribution is 2.16. The second-order valence-electron chi connectivity index (χ2n) is 4.24. The summed E-state index contributed by atoms with van der Waals surface area (Å²) in [6.07, 6.45) is 0. The molecule has 0 aliphatic carbocycles. The molecule has 0 saturated carbocycles. The fourth-order valence-corrected chi connectivity index (χ4v) is 1.78. The van der Waals surface area contributed by atoms with Gasteiger partial charge < -0.3 is 26.2 Å². The van der Waals surface area contributed by atoms with E-state index in [9.17, 15) is 0 Å². The van der Waals surface area contributed by atoms with E-state index in [0.717, 1.165) is 5.69 Å².